The summed E-state index contributed by atoms with van der Waals surface area (Å²) in [5.41, 5.74) is 0. The van der Waals surface area contributed by atoms with Gasteiger partial charge in [-0.05, 0) is 37.0 Å². The van der Waals surface area contributed by atoms with Gasteiger partial charge in [0.25, 0.3) is 0 Å². The molecule has 0 aliphatic heterocycles. The molecule has 0 saturated carbocycles. The third kappa shape index (κ3) is 7.04. The van der Waals surface area contributed by atoms with Gasteiger partial charge in [0.1, 0.15) is 0 Å². The van der Waals surface area contributed by atoms with Gasteiger partial charge in [-0.15, -0.1) is 0 Å². The van der Waals surface area contributed by atoms with E-state index in [0.717, 1.165) is 19.3 Å². The quantitative estimate of drug-likeness (QED) is 0.346. The number of likely N-dealkylation sites (N-methyl/N-ethyl adjacent to an activating group) is 1. The van der Waals surface area contributed by atoms with Crippen LogP contribution in [0.2, 0.25) is 18.1 Å². The first-order valence-corrected chi connectivity index (χ1v) is 10.9. The molecule has 6 heteroatoms. The van der Waals surface area contributed by atoms with Crippen LogP contribution >= 0.6 is 0 Å². The Morgan fingerprint density at radius 3 is 2.55 bits per heavy atom. The van der Waals surface area contributed by atoms with E-state index >= 15 is 0 Å². The van der Waals surface area contributed by atoms with E-state index in [4.69, 9.17) is 4.74 Å². The standard InChI is InChI=1S/C16H33NO4Si/c1-7-15(19)17(4)12-14(18)13-21-11-9-10-16(3,8-2)22(5,6)20/h7,14,18,20H,1,8-13H2,2-6H3. The van der Waals surface area contributed by atoms with E-state index in [0.29, 0.717) is 6.61 Å². The van der Waals surface area contributed by atoms with E-state index in [-0.39, 0.29) is 24.1 Å². The molecule has 0 spiro atoms. The summed E-state index contributed by atoms with van der Waals surface area (Å²) in [5.74, 6) is -0.215. The number of carbonyl (C=O) groups is 1. The fourth-order valence-electron chi connectivity index (χ4n) is 2.31. The van der Waals surface area contributed by atoms with Crippen LogP contribution in [0.15, 0.2) is 12.7 Å². The van der Waals surface area contributed by atoms with Crippen molar-refractivity contribution in [3.63, 3.8) is 0 Å². The molecule has 0 rings (SSSR count). The summed E-state index contributed by atoms with van der Waals surface area (Å²) in [4.78, 5) is 23.1. The first kappa shape index (κ1) is 21.3. The Balaban J connectivity index is 3.99. The minimum absolute atomic E-state index is 0.00836. The molecule has 2 N–H and O–H groups in total. The molecule has 0 aromatic carbocycles. The maximum absolute atomic E-state index is 11.3. The molecule has 2 atom stereocenters. The van der Waals surface area contributed by atoms with E-state index in [1.807, 2.05) is 13.1 Å². The van der Waals surface area contributed by atoms with Gasteiger partial charge in [0.05, 0.1) is 12.7 Å². The normalized spacial score (nSPS) is 16.0. The maximum atomic E-state index is 11.3. The molecule has 22 heavy (non-hydrogen) atoms. The van der Waals surface area contributed by atoms with Crippen molar-refractivity contribution in [2.45, 2.75) is 57.3 Å². The SMILES string of the molecule is C=CC(=O)N(C)CC(O)COCCCC(C)(CC)[Si](C)(C)O. The Hall–Kier alpha value is -0.693. The molecule has 0 radical (unpaired) electrons. The average molecular weight is 332 g/mol. The summed E-state index contributed by atoms with van der Waals surface area (Å²) >= 11 is 0. The van der Waals surface area contributed by atoms with Crippen LogP contribution < -0.4 is 0 Å². The van der Waals surface area contributed by atoms with Gasteiger partial charge in [-0.2, -0.15) is 0 Å². The van der Waals surface area contributed by atoms with Crippen molar-refractivity contribution >= 4 is 14.2 Å². The number of ether oxygens (including phenoxy) is 1. The molecule has 0 aromatic rings. The first-order valence-electron chi connectivity index (χ1n) is 7.93. The predicted octanol–water partition coefficient (Wildman–Crippen LogP) is 2.16. The summed E-state index contributed by atoms with van der Waals surface area (Å²) in [7, 11) is -0.571. The van der Waals surface area contributed by atoms with Gasteiger partial charge in [-0.25, -0.2) is 0 Å². The van der Waals surface area contributed by atoms with Gasteiger partial charge in [-0.1, -0.05) is 26.8 Å². The number of nitrogens with zero attached hydrogens (tertiary/aromatic N) is 1. The molecule has 0 fully saturated rings. The number of aliphatic hydroxyl groups excluding tert-OH is 1. The molecule has 2 unspecified atom stereocenters. The van der Waals surface area contributed by atoms with Crippen LogP contribution in [0.1, 0.15) is 33.1 Å². The molecule has 0 heterocycles. The fraction of sp³-hybridized carbons (Fsp3) is 0.812. The summed E-state index contributed by atoms with van der Waals surface area (Å²) in [6, 6.07) is 0. The number of amides is 1. The van der Waals surface area contributed by atoms with Crippen LogP contribution in [-0.4, -0.2) is 61.9 Å². The minimum Gasteiger partial charge on any atom is -0.432 e. The maximum Gasteiger partial charge on any atom is 0.245 e. The lowest BCUT2D eigenvalue weighted by molar-refractivity contribution is -0.126. The van der Waals surface area contributed by atoms with E-state index in [9.17, 15) is 14.7 Å². The molecule has 0 aliphatic carbocycles. The Kier molecular flexibility index (Phi) is 9.15. The highest BCUT2D eigenvalue weighted by atomic mass is 28.4. The predicted molar refractivity (Wildman–Crippen MR) is 92.3 cm³/mol. The monoisotopic (exact) mass is 331 g/mol. The zero-order chi connectivity index (χ0) is 17.4. The van der Waals surface area contributed by atoms with Gasteiger partial charge >= 0.3 is 0 Å². The van der Waals surface area contributed by atoms with Gasteiger partial charge in [0.15, 0.2) is 8.32 Å². The number of hydrogen-bond acceptors (Lipinski definition) is 4. The van der Waals surface area contributed by atoms with Crippen molar-refractivity contribution in [3.8, 4) is 0 Å². The van der Waals surface area contributed by atoms with Gasteiger partial charge in [0, 0.05) is 20.2 Å². The van der Waals surface area contributed by atoms with Crippen molar-refractivity contribution in [1.29, 1.82) is 0 Å². The van der Waals surface area contributed by atoms with Gasteiger partial charge in [-0.3, -0.25) is 4.79 Å². The third-order valence-electron chi connectivity index (χ3n) is 4.62. The Morgan fingerprint density at radius 2 is 2.09 bits per heavy atom. The fourth-order valence-corrected chi connectivity index (χ4v) is 3.97. The zero-order valence-corrected chi connectivity index (χ0v) is 15.8. The summed E-state index contributed by atoms with van der Waals surface area (Å²) in [6.45, 7) is 12.6. The largest absolute Gasteiger partial charge is 0.432 e. The summed E-state index contributed by atoms with van der Waals surface area (Å²) in [5, 5.41) is 9.80. The van der Waals surface area contributed by atoms with Crippen LogP contribution in [0.5, 0.6) is 0 Å². The van der Waals surface area contributed by atoms with Crippen LogP contribution in [0, 0.1) is 0 Å². The second-order valence-corrected chi connectivity index (χ2v) is 11.1. The lowest BCUT2D eigenvalue weighted by atomic mass is 10.0. The summed E-state index contributed by atoms with van der Waals surface area (Å²) < 4.78 is 5.48. The molecule has 0 bridgehead atoms. The molecular weight excluding hydrogens is 298 g/mol. The second-order valence-electron chi connectivity index (χ2n) is 6.73. The van der Waals surface area contributed by atoms with E-state index in [1.165, 1.54) is 11.0 Å². The number of rotatable bonds is 11. The molecule has 0 aromatic heterocycles. The Bertz CT molecular complexity index is 357. The van der Waals surface area contributed by atoms with Crippen molar-refractivity contribution in [1.82, 2.24) is 4.90 Å². The van der Waals surface area contributed by atoms with E-state index in [2.05, 4.69) is 20.4 Å². The molecule has 5 nitrogen and oxygen atoms in total. The van der Waals surface area contributed by atoms with Crippen molar-refractivity contribution in [3.05, 3.63) is 12.7 Å². The zero-order valence-electron chi connectivity index (χ0n) is 14.8. The van der Waals surface area contributed by atoms with Gasteiger partial charge < -0.3 is 19.5 Å². The van der Waals surface area contributed by atoms with Crippen molar-refractivity contribution in [2.24, 2.45) is 0 Å². The van der Waals surface area contributed by atoms with Crippen LogP contribution in [0.4, 0.5) is 0 Å². The highest BCUT2D eigenvalue weighted by Gasteiger charge is 2.39. The lowest BCUT2D eigenvalue weighted by Gasteiger charge is -2.38. The smallest absolute Gasteiger partial charge is 0.245 e. The molecule has 1 amide bonds. The lowest BCUT2D eigenvalue weighted by Crippen LogP contribution is -2.40. The number of carbonyl (C=O) groups excluding carboxylic acids is 1. The van der Waals surface area contributed by atoms with Crippen molar-refractivity contribution in [2.75, 3.05) is 26.8 Å². The van der Waals surface area contributed by atoms with E-state index < -0.39 is 14.4 Å². The number of aliphatic hydroxyl groups is 1. The second kappa shape index (κ2) is 9.45. The summed E-state index contributed by atoms with van der Waals surface area (Å²) in [6.07, 6.45) is 3.26. The van der Waals surface area contributed by atoms with Crippen LogP contribution in [-0.2, 0) is 9.53 Å². The highest BCUT2D eigenvalue weighted by molar-refractivity contribution is 6.72. The molecular formula is C16H33NO4Si. The Morgan fingerprint density at radius 1 is 1.50 bits per heavy atom. The third-order valence-corrected chi connectivity index (χ3v) is 8.18. The van der Waals surface area contributed by atoms with Crippen molar-refractivity contribution < 1.29 is 19.4 Å². The highest BCUT2D eigenvalue weighted by Crippen LogP contribution is 2.43. The minimum atomic E-state index is -2.19. The Labute approximate surface area is 136 Å². The van der Waals surface area contributed by atoms with Crippen LogP contribution in [0.3, 0.4) is 0 Å². The van der Waals surface area contributed by atoms with E-state index in [1.54, 1.807) is 7.05 Å². The topological polar surface area (TPSA) is 70.0 Å². The molecule has 130 valence electrons. The first-order chi connectivity index (χ1) is 10.1. The molecule has 0 aliphatic rings. The van der Waals surface area contributed by atoms with Crippen LogP contribution in [0.25, 0.3) is 0 Å². The van der Waals surface area contributed by atoms with Gasteiger partial charge in [0.2, 0.25) is 5.91 Å². The molecule has 0 saturated heterocycles. The average Bonchev–Trinajstić information content (AvgIpc) is 2.44. The number of hydrogen-bond donors (Lipinski definition) is 2.